The largest absolute Gasteiger partial charge is 0.490 e. The van der Waals surface area contributed by atoms with Gasteiger partial charge in [0.25, 0.3) is 5.91 Å². The van der Waals surface area contributed by atoms with Crippen molar-refractivity contribution in [1.29, 1.82) is 0 Å². The van der Waals surface area contributed by atoms with E-state index in [2.05, 4.69) is 22.6 Å². The van der Waals surface area contributed by atoms with Crippen LogP contribution in [0, 0.1) is 3.57 Å². The maximum Gasteiger partial charge on any atom is 0.266 e. The molecule has 3 aliphatic rings. The molecule has 2 saturated carbocycles. The van der Waals surface area contributed by atoms with Gasteiger partial charge in [-0.2, -0.15) is 0 Å². The lowest BCUT2D eigenvalue weighted by atomic mass is 9.94. The Bertz CT molecular complexity index is 1290. The Balaban J connectivity index is 1.41. The Morgan fingerprint density at radius 3 is 2.45 bits per heavy atom. The minimum atomic E-state index is 0.0807. The van der Waals surface area contributed by atoms with Gasteiger partial charge in [-0.3, -0.25) is 14.7 Å². The lowest BCUT2D eigenvalue weighted by Gasteiger charge is -2.31. The third-order valence-corrected chi connectivity index (χ3v) is 10.0. The van der Waals surface area contributed by atoms with Crippen LogP contribution in [0.15, 0.2) is 40.2 Å². The number of benzene rings is 2. The zero-order valence-electron chi connectivity index (χ0n) is 22.8. The molecule has 0 N–H and O–H groups in total. The molecule has 1 saturated heterocycles. The predicted octanol–water partition coefficient (Wildman–Crippen LogP) is 9.51. The van der Waals surface area contributed by atoms with Gasteiger partial charge in [-0.1, -0.05) is 67.8 Å². The standard InChI is InChI=1S/C31H35Cl2IN2O3S/c1-2-38-27-16-20(15-26(34)29(27)39-19-21-13-14-22(32)18-25(21)33)17-28-30(37)36(24-11-7-4-8-12-24)31(40-28)35-23-9-5-3-6-10-23/h13-18,23-24H,2-12,19H2,1H3. The van der Waals surface area contributed by atoms with Gasteiger partial charge in [0, 0.05) is 21.7 Å². The van der Waals surface area contributed by atoms with Crippen LogP contribution in [0.1, 0.15) is 82.3 Å². The quantitative estimate of drug-likeness (QED) is 0.202. The molecule has 0 spiro atoms. The van der Waals surface area contributed by atoms with Crippen molar-refractivity contribution in [1.82, 2.24) is 4.90 Å². The summed E-state index contributed by atoms with van der Waals surface area (Å²) in [4.78, 5) is 21.7. The Hall–Kier alpha value is -1.42. The molecule has 2 aromatic rings. The summed E-state index contributed by atoms with van der Waals surface area (Å²) in [5.41, 5.74) is 1.75. The van der Waals surface area contributed by atoms with E-state index < -0.39 is 0 Å². The number of nitrogens with zero attached hydrogens (tertiary/aromatic N) is 2. The van der Waals surface area contributed by atoms with Gasteiger partial charge in [0.05, 0.1) is 21.1 Å². The van der Waals surface area contributed by atoms with Crippen LogP contribution >= 0.6 is 57.6 Å². The maximum absolute atomic E-state index is 13.8. The summed E-state index contributed by atoms with van der Waals surface area (Å²) in [5, 5.41) is 2.05. The molecule has 2 aromatic carbocycles. The van der Waals surface area contributed by atoms with Gasteiger partial charge in [0.15, 0.2) is 16.7 Å². The van der Waals surface area contributed by atoms with Gasteiger partial charge in [-0.15, -0.1) is 0 Å². The van der Waals surface area contributed by atoms with E-state index in [-0.39, 0.29) is 18.6 Å². The van der Waals surface area contributed by atoms with Crippen LogP contribution in [0.5, 0.6) is 11.5 Å². The molecule has 1 aliphatic heterocycles. The van der Waals surface area contributed by atoms with Crippen LogP contribution in [-0.2, 0) is 11.4 Å². The highest BCUT2D eigenvalue weighted by Gasteiger charge is 2.39. The first-order valence-corrected chi connectivity index (χ1v) is 16.9. The van der Waals surface area contributed by atoms with Gasteiger partial charge in [0.2, 0.25) is 0 Å². The van der Waals surface area contributed by atoms with E-state index in [9.17, 15) is 4.79 Å². The van der Waals surface area contributed by atoms with Gasteiger partial charge < -0.3 is 9.47 Å². The second-order valence-corrected chi connectivity index (χ2v) is 13.6. The number of thioether (sulfide) groups is 1. The number of amides is 1. The van der Waals surface area contributed by atoms with Crippen LogP contribution in [-0.4, -0.2) is 34.7 Å². The number of hydrogen-bond acceptors (Lipinski definition) is 5. The zero-order chi connectivity index (χ0) is 28.1. The molecule has 0 atom stereocenters. The van der Waals surface area contributed by atoms with Crippen molar-refractivity contribution in [3.05, 3.63) is 60.0 Å². The fraction of sp³-hybridized carbons (Fsp3) is 0.484. The number of rotatable bonds is 8. The van der Waals surface area contributed by atoms with Crippen molar-refractivity contribution in [2.45, 2.75) is 89.8 Å². The lowest BCUT2D eigenvalue weighted by molar-refractivity contribution is -0.124. The molecule has 3 fully saturated rings. The lowest BCUT2D eigenvalue weighted by Crippen LogP contribution is -2.41. The van der Waals surface area contributed by atoms with Crippen molar-refractivity contribution in [2.24, 2.45) is 4.99 Å². The van der Waals surface area contributed by atoms with Gasteiger partial charge in [-0.25, -0.2) is 0 Å². The number of ether oxygens (including phenoxy) is 2. The van der Waals surface area contributed by atoms with Crippen molar-refractivity contribution in [2.75, 3.05) is 6.61 Å². The molecule has 0 radical (unpaired) electrons. The summed E-state index contributed by atoms with van der Waals surface area (Å²) in [6, 6.07) is 9.93. The molecule has 9 heteroatoms. The smallest absolute Gasteiger partial charge is 0.266 e. The fourth-order valence-electron chi connectivity index (χ4n) is 5.62. The Morgan fingerprint density at radius 2 is 1.75 bits per heavy atom. The van der Waals surface area contributed by atoms with E-state index in [1.165, 1.54) is 50.3 Å². The molecule has 2 aliphatic carbocycles. The number of carbonyl (C=O) groups is 1. The van der Waals surface area contributed by atoms with Gasteiger partial charge in [0.1, 0.15) is 6.61 Å². The molecule has 40 heavy (non-hydrogen) atoms. The molecule has 5 rings (SSSR count). The molecule has 214 valence electrons. The summed E-state index contributed by atoms with van der Waals surface area (Å²) in [7, 11) is 0. The molecular formula is C31H35Cl2IN2O3S. The van der Waals surface area contributed by atoms with Crippen LogP contribution in [0.3, 0.4) is 0 Å². The fourth-order valence-corrected chi connectivity index (χ4v) is 7.97. The average molecular weight is 714 g/mol. The van der Waals surface area contributed by atoms with E-state index >= 15 is 0 Å². The first kappa shape index (κ1) is 30.1. The maximum atomic E-state index is 13.8. The van der Waals surface area contributed by atoms with Crippen molar-refractivity contribution >= 4 is 74.7 Å². The minimum Gasteiger partial charge on any atom is -0.490 e. The normalized spacial score (nSPS) is 21.0. The number of aliphatic imine (C=N–C) groups is 1. The Morgan fingerprint density at radius 1 is 1.02 bits per heavy atom. The number of halogens is 3. The first-order chi connectivity index (χ1) is 19.4. The summed E-state index contributed by atoms with van der Waals surface area (Å²) < 4.78 is 13.1. The zero-order valence-corrected chi connectivity index (χ0v) is 27.3. The highest BCUT2D eigenvalue weighted by atomic mass is 127. The van der Waals surface area contributed by atoms with E-state index in [1.807, 2.05) is 36.1 Å². The van der Waals surface area contributed by atoms with E-state index in [0.717, 1.165) is 50.5 Å². The highest BCUT2D eigenvalue weighted by molar-refractivity contribution is 14.1. The second-order valence-electron chi connectivity index (χ2n) is 10.6. The Labute approximate surface area is 265 Å². The third-order valence-electron chi connectivity index (χ3n) is 7.66. The van der Waals surface area contributed by atoms with Crippen molar-refractivity contribution in [3.8, 4) is 11.5 Å². The van der Waals surface area contributed by atoms with E-state index in [0.29, 0.717) is 34.2 Å². The average Bonchev–Trinajstić information content (AvgIpc) is 3.24. The summed E-state index contributed by atoms with van der Waals surface area (Å²) in [5.74, 6) is 1.38. The number of carbonyl (C=O) groups excluding carboxylic acids is 1. The minimum absolute atomic E-state index is 0.0807. The molecule has 0 aromatic heterocycles. The first-order valence-electron chi connectivity index (χ1n) is 14.3. The summed E-state index contributed by atoms with van der Waals surface area (Å²) in [6.45, 7) is 2.73. The van der Waals surface area contributed by atoms with Gasteiger partial charge in [-0.05, 0) is 103 Å². The summed E-state index contributed by atoms with van der Waals surface area (Å²) >= 11 is 16.2. The number of amidine groups is 1. The summed E-state index contributed by atoms with van der Waals surface area (Å²) in [6.07, 6.45) is 13.7. The molecule has 0 bridgehead atoms. The molecule has 1 amide bonds. The van der Waals surface area contributed by atoms with Crippen LogP contribution < -0.4 is 9.47 Å². The Kier molecular flexibility index (Phi) is 10.6. The SMILES string of the molecule is CCOc1cc(C=C2SC(=NC3CCCCC3)N(C3CCCCC3)C2=O)cc(I)c1OCc1ccc(Cl)cc1Cl. The molecule has 0 unspecified atom stereocenters. The topological polar surface area (TPSA) is 51.1 Å². The van der Waals surface area contributed by atoms with Gasteiger partial charge >= 0.3 is 0 Å². The van der Waals surface area contributed by atoms with Crippen LogP contribution in [0.2, 0.25) is 10.0 Å². The number of hydrogen-bond donors (Lipinski definition) is 0. The predicted molar refractivity (Wildman–Crippen MR) is 175 cm³/mol. The van der Waals surface area contributed by atoms with Crippen LogP contribution in [0.25, 0.3) is 6.08 Å². The van der Waals surface area contributed by atoms with Crippen molar-refractivity contribution < 1.29 is 14.3 Å². The molecular weight excluding hydrogens is 678 g/mol. The second kappa shape index (κ2) is 14.2. The van der Waals surface area contributed by atoms with Crippen molar-refractivity contribution in [3.63, 3.8) is 0 Å². The molecule has 1 heterocycles. The monoisotopic (exact) mass is 712 g/mol. The highest BCUT2D eigenvalue weighted by Crippen LogP contribution is 2.41. The third kappa shape index (κ3) is 7.31. The molecule has 5 nitrogen and oxygen atoms in total. The van der Waals surface area contributed by atoms with E-state index in [4.69, 9.17) is 37.7 Å². The van der Waals surface area contributed by atoms with E-state index in [1.54, 1.807) is 12.1 Å². The van der Waals surface area contributed by atoms with Crippen LogP contribution in [0.4, 0.5) is 0 Å².